The highest BCUT2D eigenvalue weighted by Gasteiger charge is 2.35. The van der Waals surface area contributed by atoms with Gasteiger partial charge in [-0.2, -0.15) is 0 Å². The molecule has 0 saturated heterocycles. The molecule has 0 N–H and O–H groups in total. The van der Waals surface area contributed by atoms with Gasteiger partial charge in [-0.25, -0.2) is 4.39 Å². The van der Waals surface area contributed by atoms with Crippen LogP contribution in [0.3, 0.4) is 0 Å². The third-order valence-corrected chi connectivity index (χ3v) is 7.55. The molecule has 2 aromatic rings. The van der Waals surface area contributed by atoms with Crippen molar-refractivity contribution in [1.82, 2.24) is 9.80 Å². The Morgan fingerprint density at radius 2 is 2.00 bits per heavy atom. The lowest BCUT2D eigenvalue weighted by Gasteiger charge is -2.37. The monoisotopic (exact) mass is 474 g/mol. The van der Waals surface area contributed by atoms with Crippen LogP contribution in [0.4, 0.5) is 4.39 Å². The van der Waals surface area contributed by atoms with Crippen LogP contribution in [0.5, 0.6) is 5.75 Å². The summed E-state index contributed by atoms with van der Waals surface area (Å²) in [6.45, 7) is 1.51. The van der Waals surface area contributed by atoms with Crippen LogP contribution in [-0.4, -0.2) is 61.6 Å². The SMILES string of the molecule is COCCN(CC(=O)N1CCc2sccc2C1COc1ccccc1F)C(=O)C1CCCC1. The van der Waals surface area contributed by atoms with Crippen molar-refractivity contribution in [2.45, 2.75) is 38.1 Å². The van der Waals surface area contributed by atoms with Gasteiger partial charge in [-0.1, -0.05) is 25.0 Å². The van der Waals surface area contributed by atoms with Gasteiger partial charge >= 0.3 is 0 Å². The maximum Gasteiger partial charge on any atom is 0.242 e. The van der Waals surface area contributed by atoms with Crippen molar-refractivity contribution in [3.63, 3.8) is 0 Å². The molecule has 0 spiro atoms. The lowest BCUT2D eigenvalue weighted by Crippen LogP contribution is -2.49. The fraction of sp³-hybridized carbons (Fsp3) is 0.520. The molecular formula is C25H31FN2O4S. The van der Waals surface area contributed by atoms with Crippen molar-refractivity contribution >= 4 is 23.2 Å². The minimum absolute atomic E-state index is 0.000301. The second kappa shape index (κ2) is 11.1. The van der Waals surface area contributed by atoms with E-state index in [1.165, 1.54) is 10.9 Å². The number of carbonyl (C=O) groups excluding carboxylic acids is 2. The molecule has 8 heteroatoms. The second-order valence-electron chi connectivity index (χ2n) is 8.63. The van der Waals surface area contributed by atoms with Crippen LogP contribution in [-0.2, 0) is 20.7 Å². The zero-order chi connectivity index (χ0) is 23.2. The standard InChI is InChI=1S/C25H31FN2O4S/c1-31-14-13-27(25(30)18-6-2-3-7-18)16-24(29)28-12-10-23-19(11-15-33-23)21(28)17-32-22-9-5-4-8-20(22)26/h4-5,8-9,11,15,18,21H,2-3,6-7,10,12-14,16-17H2,1H3. The summed E-state index contributed by atoms with van der Waals surface area (Å²) in [5, 5.41) is 2.02. The largest absolute Gasteiger partial charge is 0.488 e. The zero-order valence-corrected chi connectivity index (χ0v) is 19.8. The summed E-state index contributed by atoms with van der Waals surface area (Å²) < 4.78 is 25.1. The van der Waals surface area contributed by atoms with Gasteiger partial charge in [0, 0.05) is 31.0 Å². The van der Waals surface area contributed by atoms with Crippen LogP contribution in [0.25, 0.3) is 0 Å². The maximum atomic E-state index is 14.1. The molecule has 178 valence electrons. The van der Waals surface area contributed by atoms with Crippen molar-refractivity contribution in [2.24, 2.45) is 5.92 Å². The first kappa shape index (κ1) is 23.7. The minimum atomic E-state index is -0.426. The zero-order valence-electron chi connectivity index (χ0n) is 19.0. The number of nitrogens with zero attached hydrogens (tertiary/aromatic N) is 2. The molecule has 1 fully saturated rings. The smallest absolute Gasteiger partial charge is 0.242 e. The quantitative estimate of drug-likeness (QED) is 0.550. The Hall–Kier alpha value is -2.45. The van der Waals surface area contributed by atoms with E-state index in [0.29, 0.717) is 19.7 Å². The Bertz CT molecular complexity index is 959. The molecule has 33 heavy (non-hydrogen) atoms. The van der Waals surface area contributed by atoms with Crippen LogP contribution in [0.1, 0.15) is 42.2 Å². The Morgan fingerprint density at radius 1 is 1.21 bits per heavy atom. The predicted molar refractivity (Wildman–Crippen MR) is 125 cm³/mol. The molecule has 6 nitrogen and oxygen atoms in total. The van der Waals surface area contributed by atoms with Crippen molar-refractivity contribution in [1.29, 1.82) is 0 Å². The first-order chi connectivity index (χ1) is 16.1. The van der Waals surface area contributed by atoms with Crippen LogP contribution >= 0.6 is 11.3 Å². The highest BCUT2D eigenvalue weighted by Crippen LogP contribution is 2.34. The van der Waals surface area contributed by atoms with E-state index in [1.807, 2.05) is 11.4 Å². The number of amides is 2. The van der Waals surface area contributed by atoms with Crippen molar-refractivity contribution < 1.29 is 23.5 Å². The van der Waals surface area contributed by atoms with Crippen LogP contribution in [0.15, 0.2) is 35.7 Å². The number of rotatable bonds is 9. The summed E-state index contributed by atoms with van der Waals surface area (Å²) in [7, 11) is 1.60. The van der Waals surface area contributed by atoms with Gasteiger partial charge in [0.25, 0.3) is 0 Å². The molecular weight excluding hydrogens is 443 g/mol. The highest BCUT2D eigenvalue weighted by atomic mass is 32.1. The van der Waals surface area contributed by atoms with Crippen molar-refractivity contribution in [2.75, 3.05) is 40.0 Å². The van der Waals surface area contributed by atoms with Gasteiger partial charge in [0.05, 0.1) is 19.2 Å². The molecule has 1 aliphatic carbocycles. The van der Waals surface area contributed by atoms with E-state index < -0.39 is 5.82 Å². The maximum absolute atomic E-state index is 14.1. The number of ether oxygens (including phenoxy) is 2. The van der Waals surface area contributed by atoms with Gasteiger partial charge in [0.1, 0.15) is 6.61 Å². The van der Waals surface area contributed by atoms with Crippen molar-refractivity contribution in [3.8, 4) is 5.75 Å². The molecule has 1 aromatic heterocycles. The summed E-state index contributed by atoms with van der Waals surface area (Å²) >= 11 is 1.67. The molecule has 1 atom stereocenters. The molecule has 1 unspecified atom stereocenters. The molecule has 4 rings (SSSR count). The topological polar surface area (TPSA) is 59.1 Å². The van der Waals surface area contributed by atoms with E-state index >= 15 is 0 Å². The molecule has 1 saturated carbocycles. The lowest BCUT2D eigenvalue weighted by molar-refractivity contribution is -0.145. The number of hydrogen-bond donors (Lipinski definition) is 0. The fourth-order valence-electron chi connectivity index (χ4n) is 4.76. The number of thiophene rings is 1. The first-order valence-corrected chi connectivity index (χ1v) is 12.5. The van der Waals surface area contributed by atoms with Crippen LogP contribution in [0, 0.1) is 11.7 Å². The number of hydrogen-bond acceptors (Lipinski definition) is 5. The summed E-state index contributed by atoms with van der Waals surface area (Å²) in [5.41, 5.74) is 1.04. The van der Waals surface area contributed by atoms with Gasteiger partial charge in [-0.05, 0) is 48.4 Å². The summed E-state index contributed by atoms with van der Waals surface area (Å²) in [6.07, 6.45) is 4.66. The Morgan fingerprint density at radius 3 is 2.76 bits per heavy atom. The van der Waals surface area contributed by atoms with E-state index in [-0.39, 0.29) is 42.7 Å². The van der Waals surface area contributed by atoms with E-state index in [0.717, 1.165) is 37.7 Å². The lowest BCUT2D eigenvalue weighted by atomic mass is 10.00. The number of para-hydroxylation sites is 1. The average molecular weight is 475 g/mol. The highest BCUT2D eigenvalue weighted by molar-refractivity contribution is 7.10. The predicted octanol–water partition coefficient (Wildman–Crippen LogP) is 4.06. The van der Waals surface area contributed by atoms with Gasteiger partial charge in [0.15, 0.2) is 11.6 Å². The molecule has 1 aliphatic heterocycles. The first-order valence-electron chi connectivity index (χ1n) is 11.6. The van der Waals surface area contributed by atoms with Gasteiger partial charge < -0.3 is 19.3 Å². The van der Waals surface area contributed by atoms with E-state index in [4.69, 9.17) is 9.47 Å². The van der Waals surface area contributed by atoms with E-state index in [9.17, 15) is 14.0 Å². The molecule has 0 bridgehead atoms. The third kappa shape index (κ3) is 5.55. The Labute approximate surface area is 198 Å². The molecule has 2 heterocycles. The van der Waals surface area contributed by atoms with E-state index in [2.05, 4.69) is 0 Å². The number of methoxy groups -OCH3 is 1. The number of halogens is 1. The second-order valence-corrected chi connectivity index (χ2v) is 9.63. The van der Waals surface area contributed by atoms with Crippen LogP contribution in [0.2, 0.25) is 0 Å². The molecule has 2 amide bonds. The number of benzene rings is 1. The third-order valence-electron chi connectivity index (χ3n) is 6.56. The number of fused-ring (bicyclic) bond motifs is 1. The molecule has 1 aromatic carbocycles. The average Bonchev–Trinajstić information content (AvgIpc) is 3.52. The number of carbonyl (C=O) groups is 2. The summed E-state index contributed by atoms with van der Waals surface area (Å²) in [5.74, 6) is -0.323. The molecule has 0 radical (unpaired) electrons. The minimum Gasteiger partial charge on any atom is -0.488 e. The fourth-order valence-corrected chi connectivity index (χ4v) is 5.69. The van der Waals surface area contributed by atoms with Gasteiger partial charge in [-0.3, -0.25) is 9.59 Å². The Kier molecular flexibility index (Phi) is 7.98. The summed E-state index contributed by atoms with van der Waals surface area (Å²) in [4.78, 5) is 31.2. The molecule has 2 aliphatic rings. The van der Waals surface area contributed by atoms with E-state index in [1.54, 1.807) is 46.4 Å². The van der Waals surface area contributed by atoms with Gasteiger partial charge in [-0.15, -0.1) is 11.3 Å². The summed E-state index contributed by atoms with van der Waals surface area (Å²) in [6, 6.07) is 7.98. The normalized spacial score (nSPS) is 18.2. The van der Waals surface area contributed by atoms with Crippen LogP contribution < -0.4 is 4.74 Å². The van der Waals surface area contributed by atoms with Gasteiger partial charge in [0.2, 0.25) is 11.8 Å². The Balaban J connectivity index is 1.49. The van der Waals surface area contributed by atoms with Crippen molar-refractivity contribution in [3.05, 3.63) is 52.0 Å².